The van der Waals surface area contributed by atoms with Gasteiger partial charge in [0.1, 0.15) is 0 Å². The molecule has 3 N–H and O–H groups in total. The molecule has 0 aliphatic rings. The number of rotatable bonds is 5. The topological polar surface area (TPSA) is 70.2 Å². The molecule has 0 atom stereocenters. The van der Waals surface area contributed by atoms with Crippen LogP contribution in [0.25, 0.3) is 0 Å². The number of carbonyl (C=O) groups is 2. The molecule has 5 nitrogen and oxygen atoms in total. The van der Waals surface area contributed by atoms with Crippen molar-refractivity contribution in [3.05, 3.63) is 53.6 Å². The first-order valence-corrected chi connectivity index (χ1v) is 7.42. The van der Waals surface area contributed by atoms with Crippen LogP contribution in [0, 0.1) is 13.8 Å². The molecule has 0 aliphatic heterocycles. The number of amides is 2. The van der Waals surface area contributed by atoms with E-state index in [4.69, 9.17) is 0 Å². The molecule has 0 aliphatic carbocycles. The maximum Gasteiger partial charge on any atom is 0.243 e. The predicted octanol–water partition coefficient (Wildman–Crippen LogP) is 3.31. The second kappa shape index (κ2) is 7.45. The lowest BCUT2D eigenvalue weighted by Gasteiger charge is -2.10. The van der Waals surface area contributed by atoms with Crippen LogP contribution in [0.2, 0.25) is 0 Å². The van der Waals surface area contributed by atoms with Gasteiger partial charge in [-0.25, -0.2) is 0 Å². The Bertz CT molecular complexity index is 726. The number of benzene rings is 2. The summed E-state index contributed by atoms with van der Waals surface area (Å²) >= 11 is 0. The van der Waals surface area contributed by atoms with Crippen LogP contribution < -0.4 is 16.0 Å². The minimum Gasteiger partial charge on any atom is -0.376 e. The molecule has 0 spiro atoms. The van der Waals surface area contributed by atoms with Crippen LogP contribution in [0.15, 0.2) is 42.5 Å². The van der Waals surface area contributed by atoms with E-state index in [1.54, 1.807) is 24.3 Å². The molecule has 23 heavy (non-hydrogen) atoms. The van der Waals surface area contributed by atoms with Gasteiger partial charge < -0.3 is 16.0 Å². The third kappa shape index (κ3) is 5.14. The zero-order chi connectivity index (χ0) is 16.8. The Morgan fingerprint density at radius 3 is 2.22 bits per heavy atom. The molecule has 2 amide bonds. The van der Waals surface area contributed by atoms with E-state index in [2.05, 4.69) is 16.0 Å². The maximum atomic E-state index is 12.0. The highest BCUT2D eigenvalue weighted by Gasteiger charge is 2.04. The lowest BCUT2D eigenvalue weighted by Crippen LogP contribution is -2.21. The van der Waals surface area contributed by atoms with Gasteiger partial charge in [-0.15, -0.1) is 0 Å². The fourth-order valence-corrected chi connectivity index (χ4v) is 2.12. The van der Waals surface area contributed by atoms with Gasteiger partial charge in [-0.1, -0.05) is 12.1 Å². The summed E-state index contributed by atoms with van der Waals surface area (Å²) in [6.45, 7) is 5.70. The van der Waals surface area contributed by atoms with Crippen molar-refractivity contribution in [1.29, 1.82) is 0 Å². The van der Waals surface area contributed by atoms with Gasteiger partial charge in [0.2, 0.25) is 11.8 Å². The first-order chi connectivity index (χ1) is 10.9. The monoisotopic (exact) mass is 311 g/mol. The van der Waals surface area contributed by atoms with E-state index in [9.17, 15) is 9.59 Å². The highest BCUT2D eigenvalue weighted by atomic mass is 16.2. The van der Waals surface area contributed by atoms with E-state index in [0.717, 1.165) is 5.69 Å². The Morgan fingerprint density at radius 1 is 0.870 bits per heavy atom. The summed E-state index contributed by atoms with van der Waals surface area (Å²) in [6, 6.07) is 13.0. The van der Waals surface area contributed by atoms with E-state index >= 15 is 0 Å². The predicted molar refractivity (Wildman–Crippen MR) is 93.8 cm³/mol. The zero-order valence-electron chi connectivity index (χ0n) is 13.6. The second-order valence-electron chi connectivity index (χ2n) is 5.46. The molecule has 0 fully saturated rings. The van der Waals surface area contributed by atoms with E-state index in [0.29, 0.717) is 11.4 Å². The smallest absolute Gasteiger partial charge is 0.243 e. The summed E-state index contributed by atoms with van der Waals surface area (Å²) in [6.07, 6.45) is 0. The standard InChI is InChI=1S/C18H21N3O2/c1-12-7-8-15(9-13(12)2)19-11-18(23)21-17-6-4-5-16(10-17)20-14(3)22/h4-10,19H,11H2,1-3H3,(H,20,22)(H,21,23). The molecular formula is C18H21N3O2. The minimum atomic E-state index is -0.150. The van der Waals surface area contributed by atoms with Gasteiger partial charge in [0.15, 0.2) is 0 Å². The zero-order valence-corrected chi connectivity index (χ0v) is 13.6. The number of anilines is 3. The van der Waals surface area contributed by atoms with Crippen LogP contribution in [0.5, 0.6) is 0 Å². The molecule has 0 radical (unpaired) electrons. The molecule has 0 bridgehead atoms. The Labute approximate surface area is 136 Å². The van der Waals surface area contributed by atoms with Crippen molar-refractivity contribution in [2.24, 2.45) is 0 Å². The molecule has 0 aromatic heterocycles. The minimum absolute atomic E-state index is 0.148. The molecule has 0 saturated carbocycles. The van der Waals surface area contributed by atoms with Crippen LogP contribution in [-0.2, 0) is 9.59 Å². The average molecular weight is 311 g/mol. The summed E-state index contributed by atoms with van der Waals surface area (Å²) in [5.74, 6) is -0.298. The largest absolute Gasteiger partial charge is 0.376 e. The molecule has 0 heterocycles. The third-order valence-corrected chi connectivity index (χ3v) is 3.43. The second-order valence-corrected chi connectivity index (χ2v) is 5.46. The van der Waals surface area contributed by atoms with E-state index in [-0.39, 0.29) is 18.4 Å². The van der Waals surface area contributed by atoms with Crippen molar-refractivity contribution < 1.29 is 9.59 Å². The molecule has 0 unspecified atom stereocenters. The van der Waals surface area contributed by atoms with Crippen molar-refractivity contribution in [2.45, 2.75) is 20.8 Å². The summed E-state index contributed by atoms with van der Waals surface area (Å²) in [5, 5.41) is 8.58. The summed E-state index contributed by atoms with van der Waals surface area (Å²) in [7, 11) is 0. The van der Waals surface area contributed by atoms with Crippen LogP contribution in [-0.4, -0.2) is 18.4 Å². The Kier molecular flexibility index (Phi) is 5.36. The average Bonchev–Trinajstić information content (AvgIpc) is 2.48. The van der Waals surface area contributed by atoms with Gasteiger partial charge in [0.05, 0.1) is 6.54 Å². The number of hydrogen-bond donors (Lipinski definition) is 3. The Morgan fingerprint density at radius 2 is 1.57 bits per heavy atom. The van der Waals surface area contributed by atoms with Crippen LogP contribution in [0.3, 0.4) is 0 Å². The molecule has 2 aromatic carbocycles. The van der Waals surface area contributed by atoms with E-state index in [1.165, 1.54) is 18.1 Å². The molecule has 2 rings (SSSR count). The number of nitrogens with one attached hydrogen (secondary N) is 3. The molecule has 120 valence electrons. The molecule has 5 heteroatoms. The van der Waals surface area contributed by atoms with Crippen LogP contribution in [0.4, 0.5) is 17.1 Å². The summed E-state index contributed by atoms with van der Waals surface area (Å²) < 4.78 is 0. The number of carbonyl (C=O) groups excluding carboxylic acids is 2. The van der Waals surface area contributed by atoms with Crippen LogP contribution in [0.1, 0.15) is 18.1 Å². The lowest BCUT2D eigenvalue weighted by molar-refractivity contribution is -0.115. The first kappa shape index (κ1) is 16.5. The van der Waals surface area contributed by atoms with Gasteiger partial charge in [-0.3, -0.25) is 9.59 Å². The summed E-state index contributed by atoms with van der Waals surface area (Å²) in [4.78, 5) is 23.1. The fraction of sp³-hybridized carbons (Fsp3) is 0.222. The molecular weight excluding hydrogens is 290 g/mol. The van der Waals surface area contributed by atoms with Crippen molar-refractivity contribution in [2.75, 3.05) is 22.5 Å². The fourth-order valence-electron chi connectivity index (χ4n) is 2.12. The Hall–Kier alpha value is -2.82. The first-order valence-electron chi connectivity index (χ1n) is 7.42. The van der Waals surface area contributed by atoms with E-state index in [1.807, 2.05) is 32.0 Å². The SMILES string of the molecule is CC(=O)Nc1cccc(NC(=O)CNc2ccc(C)c(C)c2)c1. The lowest BCUT2D eigenvalue weighted by atomic mass is 10.1. The van der Waals surface area contributed by atoms with Gasteiger partial charge in [0, 0.05) is 24.0 Å². The van der Waals surface area contributed by atoms with Crippen molar-refractivity contribution in [3.63, 3.8) is 0 Å². The van der Waals surface area contributed by atoms with Gasteiger partial charge in [-0.2, -0.15) is 0 Å². The molecule has 0 saturated heterocycles. The van der Waals surface area contributed by atoms with Crippen molar-refractivity contribution in [1.82, 2.24) is 0 Å². The normalized spacial score (nSPS) is 10.0. The number of aryl methyl sites for hydroxylation is 2. The highest BCUT2D eigenvalue weighted by Crippen LogP contribution is 2.16. The highest BCUT2D eigenvalue weighted by molar-refractivity contribution is 5.95. The molecule has 2 aromatic rings. The van der Waals surface area contributed by atoms with E-state index < -0.39 is 0 Å². The van der Waals surface area contributed by atoms with Gasteiger partial charge in [0.25, 0.3) is 0 Å². The van der Waals surface area contributed by atoms with Crippen LogP contribution >= 0.6 is 0 Å². The quantitative estimate of drug-likeness (QED) is 0.793. The number of hydrogen-bond acceptors (Lipinski definition) is 3. The third-order valence-electron chi connectivity index (χ3n) is 3.43. The van der Waals surface area contributed by atoms with Crippen molar-refractivity contribution in [3.8, 4) is 0 Å². The van der Waals surface area contributed by atoms with Gasteiger partial charge in [-0.05, 0) is 55.3 Å². The maximum absolute atomic E-state index is 12.0. The van der Waals surface area contributed by atoms with Gasteiger partial charge >= 0.3 is 0 Å². The Balaban J connectivity index is 1.91. The summed E-state index contributed by atoms with van der Waals surface area (Å²) in [5.41, 5.74) is 4.60. The van der Waals surface area contributed by atoms with Crippen molar-refractivity contribution >= 4 is 28.9 Å².